The third-order valence-corrected chi connectivity index (χ3v) is 3.08. The van der Waals surface area contributed by atoms with E-state index in [-0.39, 0.29) is 0 Å². The molecule has 0 aliphatic carbocycles. The number of hydrogen-bond acceptors (Lipinski definition) is 4. The molecule has 1 aromatic rings. The maximum Gasteiger partial charge on any atom is 0.0964 e. The van der Waals surface area contributed by atoms with Crippen molar-refractivity contribution >= 4 is 0 Å². The van der Waals surface area contributed by atoms with E-state index >= 15 is 0 Å². The van der Waals surface area contributed by atoms with Crippen LogP contribution in [0.5, 0.6) is 0 Å². The van der Waals surface area contributed by atoms with Crippen molar-refractivity contribution in [2.45, 2.75) is 53.2 Å². The molecule has 0 bridgehead atoms. The van der Waals surface area contributed by atoms with Gasteiger partial charge in [0.15, 0.2) is 0 Å². The molecule has 19 heavy (non-hydrogen) atoms. The quantitative estimate of drug-likeness (QED) is 0.740. The summed E-state index contributed by atoms with van der Waals surface area (Å²) in [4.78, 5) is 2.35. The SMILES string of the molecule is CC(C)CCN(C)CCn1cc(CNC(C)C)nn1. The van der Waals surface area contributed by atoms with Crippen LogP contribution in [0.15, 0.2) is 6.20 Å². The predicted octanol–water partition coefficient (Wildman–Crippen LogP) is 1.75. The molecular weight excluding hydrogens is 238 g/mol. The van der Waals surface area contributed by atoms with E-state index in [0.717, 1.165) is 37.8 Å². The minimum Gasteiger partial charge on any atom is -0.309 e. The standard InChI is InChI=1S/C14H29N5/c1-12(2)6-7-18(5)8-9-19-11-14(16-17-19)10-15-13(3)4/h11-13,15H,6-10H2,1-5H3. The topological polar surface area (TPSA) is 46.0 Å². The summed E-state index contributed by atoms with van der Waals surface area (Å²) in [6.07, 6.45) is 3.28. The first kappa shape index (κ1) is 16.1. The molecule has 0 amide bonds. The molecule has 0 spiro atoms. The minimum atomic E-state index is 0.479. The van der Waals surface area contributed by atoms with Gasteiger partial charge in [-0.15, -0.1) is 5.10 Å². The smallest absolute Gasteiger partial charge is 0.0964 e. The molecule has 110 valence electrons. The second-order valence-electron chi connectivity index (χ2n) is 5.99. The van der Waals surface area contributed by atoms with Gasteiger partial charge in [-0.25, -0.2) is 0 Å². The number of aromatic nitrogens is 3. The van der Waals surface area contributed by atoms with E-state index in [9.17, 15) is 0 Å². The van der Waals surface area contributed by atoms with Crippen molar-refractivity contribution in [3.05, 3.63) is 11.9 Å². The van der Waals surface area contributed by atoms with Gasteiger partial charge >= 0.3 is 0 Å². The first-order valence-electron chi connectivity index (χ1n) is 7.28. The lowest BCUT2D eigenvalue weighted by Gasteiger charge is -2.17. The van der Waals surface area contributed by atoms with Crippen LogP contribution >= 0.6 is 0 Å². The Bertz CT molecular complexity index is 345. The maximum absolute atomic E-state index is 4.17. The molecular formula is C14H29N5. The van der Waals surface area contributed by atoms with Gasteiger partial charge in [0, 0.05) is 25.3 Å². The second kappa shape index (κ2) is 8.27. The van der Waals surface area contributed by atoms with E-state index in [1.54, 1.807) is 0 Å². The molecule has 1 aromatic heterocycles. The van der Waals surface area contributed by atoms with Gasteiger partial charge in [-0.2, -0.15) is 0 Å². The second-order valence-corrected chi connectivity index (χ2v) is 5.99. The third kappa shape index (κ3) is 7.28. The molecule has 0 saturated heterocycles. The monoisotopic (exact) mass is 267 g/mol. The lowest BCUT2D eigenvalue weighted by molar-refractivity contribution is 0.292. The van der Waals surface area contributed by atoms with Crippen LogP contribution in [-0.4, -0.2) is 46.1 Å². The lowest BCUT2D eigenvalue weighted by Crippen LogP contribution is -2.25. The molecule has 0 saturated carbocycles. The fourth-order valence-electron chi connectivity index (χ4n) is 1.70. The molecule has 0 unspecified atom stereocenters. The molecule has 0 fully saturated rings. The van der Waals surface area contributed by atoms with Gasteiger partial charge in [0.2, 0.25) is 0 Å². The summed E-state index contributed by atoms with van der Waals surface area (Å²) in [5.74, 6) is 0.766. The molecule has 0 aliphatic heterocycles. The van der Waals surface area contributed by atoms with Crippen LogP contribution < -0.4 is 5.32 Å². The zero-order valence-electron chi connectivity index (χ0n) is 13.1. The van der Waals surface area contributed by atoms with Crippen molar-refractivity contribution in [1.82, 2.24) is 25.2 Å². The van der Waals surface area contributed by atoms with E-state index in [1.807, 2.05) is 10.9 Å². The van der Waals surface area contributed by atoms with Crippen LogP contribution in [0.3, 0.4) is 0 Å². The van der Waals surface area contributed by atoms with Gasteiger partial charge in [-0.3, -0.25) is 4.68 Å². The van der Waals surface area contributed by atoms with Crippen LogP contribution in [0.4, 0.5) is 0 Å². The Morgan fingerprint density at radius 1 is 1.26 bits per heavy atom. The number of rotatable bonds is 9. The van der Waals surface area contributed by atoms with Crippen molar-refractivity contribution < 1.29 is 0 Å². The Morgan fingerprint density at radius 3 is 2.63 bits per heavy atom. The fraction of sp³-hybridized carbons (Fsp3) is 0.857. The summed E-state index contributed by atoms with van der Waals surface area (Å²) >= 11 is 0. The van der Waals surface area contributed by atoms with Gasteiger partial charge in [-0.1, -0.05) is 32.9 Å². The minimum absolute atomic E-state index is 0.479. The van der Waals surface area contributed by atoms with E-state index < -0.39 is 0 Å². The number of nitrogens with one attached hydrogen (secondary N) is 1. The molecule has 5 nitrogen and oxygen atoms in total. The zero-order chi connectivity index (χ0) is 14.3. The Labute approximate surface area is 117 Å². The summed E-state index contributed by atoms with van der Waals surface area (Å²) in [7, 11) is 2.17. The highest BCUT2D eigenvalue weighted by molar-refractivity contribution is 4.91. The van der Waals surface area contributed by atoms with Crippen LogP contribution in [0.1, 0.15) is 39.8 Å². The van der Waals surface area contributed by atoms with Gasteiger partial charge < -0.3 is 10.2 Å². The zero-order valence-corrected chi connectivity index (χ0v) is 13.1. The molecule has 1 rings (SSSR count). The highest BCUT2D eigenvalue weighted by Gasteiger charge is 2.04. The van der Waals surface area contributed by atoms with Crippen LogP contribution in [0.25, 0.3) is 0 Å². The van der Waals surface area contributed by atoms with Crippen molar-refractivity contribution in [3.63, 3.8) is 0 Å². The average Bonchev–Trinajstić information content (AvgIpc) is 2.79. The Balaban J connectivity index is 2.25. The Hall–Kier alpha value is -0.940. The van der Waals surface area contributed by atoms with Gasteiger partial charge in [0.25, 0.3) is 0 Å². The van der Waals surface area contributed by atoms with Crippen LogP contribution in [-0.2, 0) is 13.1 Å². The largest absolute Gasteiger partial charge is 0.309 e. The van der Waals surface area contributed by atoms with Crippen molar-refractivity contribution in [3.8, 4) is 0 Å². The molecule has 5 heteroatoms. The van der Waals surface area contributed by atoms with Gasteiger partial charge in [0.05, 0.1) is 12.2 Å². The number of nitrogens with zero attached hydrogens (tertiary/aromatic N) is 4. The van der Waals surface area contributed by atoms with Gasteiger partial charge in [-0.05, 0) is 25.9 Å². The summed E-state index contributed by atoms with van der Waals surface area (Å²) in [5, 5.41) is 11.7. The van der Waals surface area contributed by atoms with Crippen molar-refractivity contribution in [1.29, 1.82) is 0 Å². The Kier molecular flexibility index (Phi) is 7.02. The van der Waals surface area contributed by atoms with E-state index in [4.69, 9.17) is 0 Å². The van der Waals surface area contributed by atoms with Crippen LogP contribution in [0, 0.1) is 5.92 Å². The normalized spacial score (nSPS) is 12.0. The first-order valence-corrected chi connectivity index (χ1v) is 7.28. The van der Waals surface area contributed by atoms with E-state index in [2.05, 4.69) is 55.3 Å². The summed E-state index contributed by atoms with van der Waals surface area (Å²) in [6, 6.07) is 0.479. The van der Waals surface area contributed by atoms with Crippen molar-refractivity contribution in [2.24, 2.45) is 5.92 Å². The highest BCUT2D eigenvalue weighted by Crippen LogP contribution is 2.01. The predicted molar refractivity (Wildman–Crippen MR) is 78.9 cm³/mol. The fourth-order valence-corrected chi connectivity index (χ4v) is 1.70. The maximum atomic E-state index is 4.17. The molecule has 0 aromatic carbocycles. The molecule has 1 heterocycles. The Morgan fingerprint density at radius 2 is 2.00 bits per heavy atom. The first-order chi connectivity index (χ1) is 8.97. The third-order valence-electron chi connectivity index (χ3n) is 3.08. The average molecular weight is 267 g/mol. The molecule has 1 N–H and O–H groups in total. The van der Waals surface area contributed by atoms with Gasteiger partial charge in [0.1, 0.15) is 0 Å². The summed E-state index contributed by atoms with van der Waals surface area (Å²) < 4.78 is 1.93. The molecule has 0 radical (unpaired) electrons. The molecule has 0 aliphatic rings. The number of likely N-dealkylation sites (N-methyl/N-ethyl adjacent to an activating group) is 1. The van der Waals surface area contributed by atoms with Crippen molar-refractivity contribution in [2.75, 3.05) is 20.1 Å². The van der Waals surface area contributed by atoms with E-state index in [1.165, 1.54) is 6.42 Å². The lowest BCUT2D eigenvalue weighted by atomic mass is 10.1. The van der Waals surface area contributed by atoms with E-state index in [0.29, 0.717) is 6.04 Å². The van der Waals surface area contributed by atoms with Crippen LogP contribution in [0.2, 0.25) is 0 Å². The number of hydrogen-bond donors (Lipinski definition) is 1. The summed E-state index contributed by atoms with van der Waals surface area (Å²) in [6.45, 7) is 12.7. The molecule has 0 atom stereocenters. The highest BCUT2D eigenvalue weighted by atomic mass is 15.4. The summed E-state index contributed by atoms with van der Waals surface area (Å²) in [5.41, 5.74) is 1.01.